The van der Waals surface area contributed by atoms with Gasteiger partial charge in [0, 0.05) is 17.7 Å². The Bertz CT molecular complexity index is 561. The summed E-state index contributed by atoms with van der Waals surface area (Å²) in [5.74, 6) is -0.796. The van der Waals surface area contributed by atoms with Crippen molar-refractivity contribution in [3.05, 3.63) is 17.5 Å². The first-order valence-corrected chi connectivity index (χ1v) is 6.92. The van der Waals surface area contributed by atoms with Gasteiger partial charge in [-0.25, -0.2) is 0 Å². The number of morpholine rings is 1. The molecule has 2 amide bonds. The number of hydrogen-bond acceptors (Lipinski definition) is 4. The summed E-state index contributed by atoms with van der Waals surface area (Å²) in [6.45, 7) is 8.54. The summed E-state index contributed by atoms with van der Waals surface area (Å²) >= 11 is 0. The number of nitrogens with one attached hydrogen (secondary N) is 1. The fourth-order valence-corrected chi connectivity index (χ4v) is 2.17. The van der Waals surface area contributed by atoms with Gasteiger partial charge >= 0.3 is 0 Å². The second-order valence-corrected chi connectivity index (χ2v) is 6.59. The molecule has 21 heavy (non-hydrogen) atoms. The van der Waals surface area contributed by atoms with Crippen LogP contribution in [-0.2, 0) is 14.9 Å². The number of H-pyrrole nitrogens is 1. The predicted octanol–water partition coefficient (Wildman–Crippen LogP) is 0.424. The summed E-state index contributed by atoms with van der Waals surface area (Å²) in [6, 6.07) is 1.75. The van der Waals surface area contributed by atoms with Crippen molar-refractivity contribution in [2.75, 3.05) is 19.7 Å². The molecule has 1 aliphatic rings. The van der Waals surface area contributed by atoms with Gasteiger partial charge in [-0.05, 0) is 13.0 Å². The zero-order valence-electron chi connectivity index (χ0n) is 12.9. The Kier molecular flexibility index (Phi) is 3.79. The normalized spacial score (nSPS) is 23.1. The molecule has 0 bridgehead atoms. The van der Waals surface area contributed by atoms with Gasteiger partial charge in [0.1, 0.15) is 5.69 Å². The van der Waals surface area contributed by atoms with E-state index in [0.717, 1.165) is 5.69 Å². The molecule has 1 fully saturated rings. The maximum Gasteiger partial charge on any atom is 0.274 e. The lowest BCUT2D eigenvalue weighted by molar-refractivity contribution is -0.150. The smallest absolute Gasteiger partial charge is 0.274 e. The Morgan fingerprint density at radius 1 is 1.48 bits per heavy atom. The predicted molar refractivity (Wildman–Crippen MR) is 76.7 cm³/mol. The highest BCUT2D eigenvalue weighted by molar-refractivity contribution is 5.93. The largest absolute Gasteiger partial charge is 0.367 e. The van der Waals surface area contributed by atoms with Gasteiger partial charge in [-0.15, -0.1) is 0 Å². The molecule has 1 aromatic heterocycles. The van der Waals surface area contributed by atoms with Crippen LogP contribution in [-0.4, -0.2) is 52.2 Å². The summed E-state index contributed by atoms with van der Waals surface area (Å²) in [4.78, 5) is 25.5. The number of carbonyl (C=O) groups is 2. The van der Waals surface area contributed by atoms with Crippen LogP contribution >= 0.6 is 0 Å². The number of amides is 2. The van der Waals surface area contributed by atoms with Crippen LogP contribution in [0.15, 0.2) is 6.07 Å². The molecular formula is C14H22N4O3. The van der Waals surface area contributed by atoms with E-state index in [4.69, 9.17) is 10.5 Å². The van der Waals surface area contributed by atoms with Gasteiger partial charge in [-0.3, -0.25) is 14.7 Å². The van der Waals surface area contributed by atoms with Crippen LogP contribution in [0.2, 0.25) is 0 Å². The zero-order valence-corrected chi connectivity index (χ0v) is 12.9. The number of carbonyl (C=O) groups excluding carboxylic acids is 2. The first kappa shape index (κ1) is 15.5. The molecule has 1 atom stereocenters. The van der Waals surface area contributed by atoms with Crippen molar-refractivity contribution in [3.63, 3.8) is 0 Å². The third-order valence-corrected chi connectivity index (χ3v) is 3.69. The number of aromatic amines is 1. The lowest BCUT2D eigenvalue weighted by atomic mass is 9.92. The number of rotatable bonds is 2. The van der Waals surface area contributed by atoms with E-state index < -0.39 is 11.5 Å². The van der Waals surface area contributed by atoms with E-state index in [-0.39, 0.29) is 24.5 Å². The van der Waals surface area contributed by atoms with E-state index in [1.54, 1.807) is 17.9 Å². The van der Waals surface area contributed by atoms with Crippen LogP contribution in [0.1, 0.15) is 43.9 Å². The van der Waals surface area contributed by atoms with Crippen LogP contribution in [0.5, 0.6) is 0 Å². The molecule has 1 aliphatic heterocycles. The number of aromatic nitrogens is 2. The Morgan fingerprint density at radius 3 is 2.67 bits per heavy atom. The Labute approximate surface area is 123 Å². The second-order valence-electron chi connectivity index (χ2n) is 6.59. The fourth-order valence-electron chi connectivity index (χ4n) is 2.17. The van der Waals surface area contributed by atoms with Crippen molar-refractivity contribution in [2.45, 2.75) is 38.7 Å². The van der Waals surface area contributed by atoms with E-state index in [2.05, 4.69) is 10.2 Å². The average molecular weight is 294 g/mol. The summed E-state index contributed by atoms with van der Waals surface area (Å²) in [6.07, 6.45) is 0. The lowest BCUT2D eigenvalue weighted by Gasteiger charge is -2.37. The van der Waals surface area contributed by atoms with Crippen LogP contribution in [0, 0.1) is 0 Å². The number of nitrogens with two attached hydrogens (primary N) is 1. The summed E-state index contributed by atoms with van der Waals surface area (Å²) in [7, 11) is 0. The topological polar surface area (TPSA) is 101 Å². The molecule has 0 aliphatic carbocycles. The van der Waals surface area contributed by atoms with Crippen LogP contribution in [0.3, 0.4) is 0 Å². The number of nitrogens with zero attached hydrogens (tertiary/aromatic N) is 2. The molecular weight excluding hydrogens is 272 g/mol. The van der Waals surface area contributed by atoms with E-state index >= 15 is 0 Å². The molecule has 1 unspecified atom stereocenters. The highest BCUT2D eigenvalue weighted by Gasteiger charge is 2.39. The molecule has 1 aromatic rings. The molecule has 2 heterocycles. The van der Waals surface area contributed by atoms with Crippen LogP contribution in [0.4, 0.5) is 0 Å². The molecule has 0 aromatic carbocycles. The van der Waals surface area contributed by atoms with Crippen molar-refractivity contribution in [3.8, 4) is 0 Å². The van der Waals surface area contributed by atoms with Crippen LogP contribution in [0.25, 0.3) is 0 Å². The molecule has 0 radical (unpaired) electrons. The Balaban J connectivity index is 2.17. The number of hydrogen-bond donors (Lipinski definition) is 2. The Hall–Kier alpha value is -1.89. The third-order valence-electron chi connectivity index (χ3n) is 3.69. The van der Waals surface area contributed by atoms with Crippen molar-refractivity contribution in [1.82, 2.24) is 15.1 Å². The zero-order chi connectivity index (χ0) is 15.8. The van der Waals surface area contributed by atoms with E-state index in [1.165, 1.54) is 0 Å². The standard InChI is InChI=1S/C14H22N4O3/c1-13(2,3)10-7-9(16-17-10)11(19)18-5-6-21-14(4,8-18)12(15)20/h7H,5-6,8H2,1-4H3,(H2,15,20)(H,16,17). The van der Waals surface area contributed by atoms with Gasteiger partial charge in [-0.1, -0.05) is 20.8 Å². The highest BCUT2D eigenvalue weighted by Crippen LogP contribution is 2.22. The fraction of sp³-hybridized carbons (Fsp3) is 0.643. The lowest BCUT2D eigenvalue weighted by Crippen LogP contribution is -2.58. The molecule has 0 saturated carbocycles. The van der Waals surface area contributed by atoms with E-state index in [1.807, 2.05) is 20.8 Å². The molecule has 0 spiro atoms. The number of primary amides is 1. The van der Waals surface area contributed by atoms with Crippen molar-refractivity contribution in [2.24, 2.45) is 5.73 Å². The Morgan fingerprint density at radius 2 is 2.14 bits per heavy atom. The van der Waals surface area contributed by atoms with Crippen molar-refractivity contribution in [1.29, 1.82) is 0 Å². The molecule has 1 saturated heterocycles. The van der Waals surface area contributed by atoms with Gasteiger partial charge < -0.3 is 15.4 Å². The van der Waals surface area contributed by atoms with Gasteiger partial charge in [-0.2, -0.15) is 5.10 Å². The quantitative estimate of drug-likeness (QED) is 0.825. The number of ether oxygens (including phenoxy) is 1. The van der Waals surface area contributed by atoms with Gasteiger partial charge in [0.15, 0.2) is 5.60 Å². The second kappa shape index (κ2) is 5.14. The maximum absolute atomic E-state index is 12.5. The monoisotopic (exact) mass is 294 g/mol. The maximum atomic E-state index is 12.5. The van der Waals surface area contributed by atoms with Crippen molar-refractivity contribution < 1.29 is 14.3 Å². The SMILES string of the molecule is CC1(C(N)=O)CN(C(=O)c2cc(C(C)(C)C)[nH]n2)CCO1. The summed E-state index contributed by atoms with van der Waals surface area (Å²) < 4.78 is 5.41. The minimum Gasteiger partial charge on any atom is -0.367 e. The molecule has 3 N–H and O–H groups in total. The van der Waals surface area contributed by atoms with E-state index in [0.29, 0.717) is 12.2 Å². The van der Waals surface area contributed by atoms with Gasteiger partial charge in [0.05, 0.1) is 13.2 Å². The highest BCUT2D eigenvalue weighted by atomic mass is 16.5. The van der Waals surface area contributed by atoms with Gasteiger partial charge in [0.25, 0.3) is 11.8 Å². The van der Waals surface area contributed by atoms with E-state index in [9.17, 15) is 9.59 Å². The molecule has 7 nitrogen and oxygen atoms in total. The summed E-state index contributed by atoms with van der Waals surface area (Å²) in [5, 5.41) is 6.97. The molecule has 2 rings (SSSR count). The molecule has 7 heteroatoms. The minimum atomic E-state index is -1.14. The van der Waals surface area contributed by atoms with Crippen molar-refractivity contribution >= 4 is 11.8 Å². The van der Waals surface area contributed by atoms with Gasteiger partial charge in [0.2, 0.25) is 0 Å². The minimum absolute atomic E-state index is 0.113. The first-order chi connectivity index (χ1) is 9.63. The molecule has 116 valence electrons. The average Bonchev–Trinajstić information content (AvgIpc) is 2.87. The first-order valence-electron chi connectivity index (χ1n) is 6.92. The third kappa shape index (κ3) is 3.07. The summed E-state index contributed by atoms with van der Waals surface area (Å²) in [5.41, 5.74) is 5.31. The van der Waals surface area contributed by atoms with Crippen LogP contribution < -0.4 is 5.73 Å².